The van der Waals surface area contributed by atoms with Gasteiger partial charge in [-0.1, -0.05) is 12.6 Å². The summed E-state index contributed by atoms with van der Waals surface area (Å²) in [5.41, 5.74) is 2.49. The zero-order valence-corrected chi connectivity index (χ0v) is 11.8. The molecule has 0 saturated heterocycles. The van der Waals surface area contributed by atoms with E-state index < -0.39 is 0 Å². The van der Waals surface area contributed by atoms with Gasteiger partial charge in [0.1, 0.15) is 17.2 Å². The number of hydrogen-bond donors (Lipinski definition) is 0. The van der Waals surface area contributed by atoms with Crippen molar-refractivity contribution in [3.63, 3.8) is 0 Å². The van der Waals surface area contributed by atoms with Crippen LogP contribution in [0.1, 0.15) is 11.1 Å². The molecule has 0 fully saturated rings. The Morgan fingerprint density at radius 2 is 1.70 bits per heavy atom. The van der Waals surface area contributed by atoms with Gasteiger partial charge < -0.3 is 14.2 Å². The minimum absolute atomic E-state index is 0.648. The maximum absolute atomic E-state index is 5.43. The van der Waals surface area contributed by atoms with Crippen LogP contribution in [0, 0.1) is 0 Å². The fourth-order valence-corrected chi connectivity index (χ4v) is 1.99. The van der Waals surface area contributed by atoms with Crippen molar-refractivity contribution in [3.05, 3.63) is 54.4 Å². The minimum atomic E-state index is 0.648. The molecule has 1 aromatic heterocycles. The van der Waals surface area contributed by atoms with Gasteiger partial charge >= 0.3 is 0 Å². The van der Waals surface area contributed by atoms with Crippen LogP contribution in [0.3, 0.4) is 0 Å². The van der Waals surface area contributed by atoms with E-state index >= 15 is 0 Å². The molecule has 0 radical (unpaired) electrons. The molecular weight excluding hydrogens is 254 g/mol. The van der Waals surface area contributed by atoms with E-state index in [9.17, 15) is 0 Å². The highest BCUT2D eigenvalue weighted by molar-refractivity contribution is 5.84. The van der Waals surface area contributed by atoms with Crippen LogP contribution in [0.4, 0.5) is 0 Å². The third kappa shape index (κ3) is 2.59. The van der Waals surface area contributed by atoms with E-state index in [0.29, 0.717) is 17.2 Å². The smallest absolute Gasteiger partial charge is 0.134 e. The largest absolute Gasteiger partial charge is 0.496 e. The number of aromatic nitrogens is 1. The van der Waals surface area contributed by atoms with Crippen molar-refractivity contribution in [2.75, 3.05) is 21.3 Å². The zero-order chi connectivity index (χ0) is 14.5. The highest BCUT2D eigenvalue weighted by Gasteiger charge is 2.17. The first-order valence-electron chi connectivity index (χ1n) is 6.11. The lowest BCUT2D eigenvalue weighted by atomic mass is 9.99. The lowest BCUT2D eigenvalue weighted by molar-refractivity contribution is 0.374. The topological polar surface area (TPSA) is 40.6 Å². The second kappa shape index (κ2) is 6.10. The van der Waals surface area contributed by atoms with Crippen LogP contribution in [-0.2, 0) is 0 Å². The van der Waals surface area contributed by atoms with Crippen molar-refractivity contribution >= 4 is 5.57 Å². The number of rotatable bonds is 5. The van der Waals surface area contributed by atoms with Gasteiger partial charge in [0.05, 0.1) is 26.9 Å². The third-order valence-electron chi connectivity index (χ3n) is 3.03. The van der Waals surface area contributed by atoms with E-state index in [1.165, 1.54) is 0 Å². The number of hydrogen-bond acceptors (Lipinski definition) is 4. The number of ether oxygens (including phenoxy) is 3. The molecule has 4 heteroatoms. The number of methoxy groups -OCH3 is 3. The predicted molar refractivity (Wildman–Crippen MR) is 78.5 cm³/mol. The molecule has 0 aliphatic heterocycles. The first kappa shape index (κ1) is 13.9. The Kier molecular flexibility index (Phi) is 4.25. The molecule has 1 aromatic carbocycles. The van der Waals surface area contributed by atoms with Gasteiger partial charge in [0.15, 0.2) is 0 Å². The summed E-state index contributed by atoms with van der Waals surface area (Å²) in [7, 11) is 4.81. The Morgan fingerprint density at radius 3 is 2.15 bits per heavy atom. The molecule has 0 aliphatic carbocycles. The van der Waals surface area contributed by atoms with Gasteiger partial charge in [-0.25, -0.2) is 0 Å². The fraction of sp³-hybridized carbons (Fsp3) is 0.188. The molecule has 0 saturated carbocycles. The van der Waals surface area contributed by atoms with E-state index in [2.05, 4.69) is 11.6 Å². The first-order valence-corrected chi connectivity index (χ1v) is 6.11. The van der Waals surface area contributed by atoms with Crippen LogP contribution in [-0.4, -0.2) is 26.3 Å². The lowest BCUT2D eigenvalue weighted by Gasteiger charge is -2.16. The van der Waals surface area contributed by atoms with Crippen molar-refractivity contribution in [2.45, 2.75) is 0 Å². The number of benzene rings is 1. The molecular formula is C16H17NO3. The summed E-state index contributed by atoms with van der Waals surface area (Å²) < 4.78 is 16.1. The highest BCUT2D eigenvalue weighted by Crippen LogP contribution is 2.40. The first-order chi connectivity index (χ1) is 9.71. The molecule has 0 aliphatic rings. The van der Waals surface area contributed by atoms with Gasteiger partial charge in [0.2, 0.25) is 0 Å². The zero-order valence-electron chi connectivity index (χ0n) is 11.8. The Hall–Kier alpha value is -2.49. The van der Waals surface area contributed by atoms with E-state index in [4.69, 9.17) is 14.2 Å². The minimum Gasteiger partial charge on any atom is -0.496 e. The average molecular weight is 271 g/mol. The van der Waals surface area contributed by atoms with E-state index in [-0.39, 0.29) is 0 Å². The van der Waals surface area contributed by atoms with E-state index in [1.54, 1.807) is 45.9 Å². The second-order valence-corrected chi connectivity index (χ2v) is 4.13. The molecule has 0 spiro atoms. The highest BCUT2D eigenvalue weighted by atomic mass is 16.5. The van der Waals surface area contributed by atoms with Crippen LogP contribution in [0.2, 0.25) is 0 Å². The summed E-state index contributed by atoms with van der Waals surface area (Å²) in [6, 6.07) is 7.42. The van der Waals surface area contributed by atoms with E-state index in [1.807, 2.05) is 12.1 Å². The predicted octanol–water partition coefficient (Wildman–Crippen LogP) is 3.17. The normalized spacial score (nSPS) is 9.95. The molecule has 0 atom stereocenters. The van der Waals surface area contributed by atoms with Crippen LogP contribution in [0.15, 0.2) is 43.2 Å². The maximum atomic E-state index is 5.43. The quantitative estimate of drug-likeness (QED) is 0.837. The van der Waals surface area contributed by atoms with Crippen molar-refractivity contribution < 1.29 is 14.2 Å². The molecule has 4 nitrogen and oxygen atoms in total. The van der Waals surface area contributed by atoms with Gasteiger partial charge in [-0.2, -0.15) is 0 Å². The van der Waals surface area contributed by atoms with Crippen LogP contribution >= 0.6 is 0 Å². The standard InChI is InChI=1S/C16H17NO3/c1-11(12-6-5-7-17-10-12)16-14(19-3)8-13(18-2)9-15(16)20-4/h5-10H,1H2,2-4H3. The van der Waals surface area contributed by atoms with Crippen LogP contribution < -0.4 is 14.2 Å². The summed E-state index contributed by atoms with van der Waals surface area (Å²) >= 11 is 0. The second-order valence-electron chi connectivity index (χ2n) is 4.13. The lowest BCUT2D eigenvalue weighted by Crippen LogP contribution is -1.98. The van der Waals surface area contributed by atoms with Crippen LogP contribution in [0.5, 0.6) is 17.2 Å². The Balaban J connectivity index is 2.57. The maximum Gasteiger partial charge on any atom is 0.134 e. The summed E-state index contributed by atoms with van der Waals surface area (Å²) in [5, 5.41) is 0. The SMILES string of the molecule is C=C(c1cccnc1)c1c(OC)cc(OC)cc1OC. The van der Waals surface area contributed by atoms with Gasteiger partial charge in [0, 0.05) is 30.1 Å². The van der Waals surface area contributed by atoms with Crippen LogP contribution in [0.25, 0.3) is 5.57 Å². The molecule has 2 rings (SSSR count). The summed E-state index contributed by atoms with van der Waals surface area (Å²) in [4.78, 5) is 4.11. The summed E-state index contributed by atoms with van der Waals surface area (Å²) in [6.45, 7) is 4.13. The van der Waals surface area contributed by atoms with E-state index in [0.717, 1.165) is 16.7 Å². The fourth-order valence-electron chi connectivity index (χ4n) is 1.99. The molecule has 104 valence electrons. The van der Waals surface area contributed by atoms with Crippen molar-refractivity contribution in [1.29, 1.82) is 0 Å². The molecule has 0 N–H and O–H groups in total. The monoisotopic (exact) mass is 271 g/mol. The van der Waals surface area contributed by atoms with Gasteiger partial charge in [-0.15, -0.1) is 0 Å². The molecule has 1 heterocycles. The Bertz CT molecular complexity index is 583. The molecule has 0 unspecified atom stereocenters. The molecule has 0 bridgehead atoms. The Labute approximate surface area is 118 Å². The summed E-state index contributed by atoms with van der Waals surface area (Å²) in [5.74, 6) is 1.96. The Morgan fingerprint density at radius 1 is 1.05 bits per heavy atom. The average Bonchev–Trinajstić information content (AvgIpc) is 2.53. The van der Waals surface area contributed by atoms with Crippen molar-refractivity contribution in [2.24, 2.45) is 0 Å². The van der Waals surface area contributed by atoms with Gasteiger partial charge in [-0.05, 0) is 11.6 Å². The third-order valence-corrected chi connectivity index (χ3v) is 3.03. The molecule has 2 aromatic rings. The number of nitrogens with zero attached hydrogens (tertiary/aromatic N) is 1. The van der Waals surface area contributed by atoms with Gasteiger partial charge in [0.25, 0.3) is 0 Å². The number of pyridine rings is 1. The van der Waals surface area contributed by atoms with Crippen molar-refractivity contribution in [1.82, 2.24) is 4.98 Å². The van der Waals surface area contributed by atoms with Gasteiger partial charge in [-0.3, -0.25) is 4.98 Å². The van der Waals surface area contributed by atoms with Crippen molar-refractivity contribution in [3.8, 4) is 17.2 Å². The summed E-state index contributed by atoms with van der Waals surface area (Å²) in [6.07, 6.45) is 3.48. The molecule has 0 amide bonds. The molecule has 20 heavy (non-hydrogen) atoms.